The maximum atomic E-state index is 5.84. The topological polar surface area (TPSA) is 68.2 Å². The predicted octanol–water partition coefficient (Wildman–Crippen LogP) is 1.22. The van der Waals surface area contributed by atoms with Crippen LogP contribution in [0.2, 0.25) is 0 Å². The molecule has 0 aromatic carbocycles. The van der Waals surface area contributed by atoms with E-state index in [0.29, 0.717) is 17.9 Å². The smallest absolute Gasteiger partial charge is 0.240 e. The van der Waals surface area contributed by atoms with Crippen LogP contribution in [0, 0.1) is 5.92 Å². The van der Waals surface area contributed by atoms with Crippen molar-refractivity contribution in [3.63, 3.8) is 0 Å². The molecule has 1 saturated heterocycles. The molecule has 1 aromatic rings. The normalized spacial score (nSPS) is 20.8. The molecule has 1 fully saturated rings. The van der Waals surface area contributed by atoms with Crippen molar-refractivity contribution in [1.29, 1.82) is 0 Å². The molecule has 0 unspecified atom stereocenters. The molecule has 17 heavy (non-hydrogen) atoms. The van der Waals surface area contributed by atoms with Crippen LogP contribution in [0.25, 0.3) is 0 Å². The fraction of sp³-hybridized carbons (Fsp3) is 0.818. The average molecular weight is 261 g/mol. The molecule has 5 nitrogen and oxygen atoms in total. The van der Waals surface area contributed by atoms with Gasteiger partial charge in [0, 0.05) is 25.6 Å². The average Bonchev–Trinajstić information content (AvgIpc) is 2.76. The summed E-state index contributed by atoms with van der Waals surface area (Å²) in [5.41, 5.74) is 5.84. The molecule has 1 atom stereocenters. The Kier molecular flexibility index (Phi) is 5.36. The molecule has 0 bridgehead atoms. The van der Waals surface area contributed by atoms with Crippen molar-refractivity contribution in [2.24, 2.45) is 11.7 Å². The van der Waals surface area contributed by atoms with E-state index >= 15 is 0 Å². The summed E-state index contributed by atoms with van der Waals surface area (Å²) in [5.74, 6) is 2.09. The number of hydrogen-bond donors (Lipinski definition) is 1. The lowest BCUT2D eigenvalue weighted by Gasteiger charge is -2.10. The highest BCUT2D eigenvalue weighted by molar-refractivity contribution is 5.85. The van der Waals surface area contributed by atoms with Gasteiger partial charge in [0.05, 0.1) is 6.54 Å². The Labute approximate surface area is 108 Å². The Morgan fingerprint density at radius 2 is 2.29 bits per heavy atom. The molecule has 2 N–H and O–H groups in total. The summed E-state index contributed by atoms with van der Waals surface area (Å²) >= 11 is 0. The van der Waals surface area contributed by atoms with Gasteiger partial charge in [-0.15, -0.1) is 12.4 Å². The third-order valence-corrected chi connectivity index (χ3v) is 2.77. The third kappa shape index (κ3) is 4.26. The van der Waals surface area contributed by atoms with Gasteiger partial charge in [0.2, 0.25) is 5.89 Å². The molecule has 0 aliphatic carbocycles. The van der Waals surface area contributed by atoms with E-state index in [9.17, 15) is 0 Å². The number of nitrogens with zero attached hydrogens (tertiary/aromatic N) is 3. The van der Waals surface area contributed by atoms with Crippen LogP contribution in [0.5, 0.6) is 0 Å². The number of nitrogens with two attached hydrogens (primary N) is 1. The molecular formula is C11H21ClN4O. The van der Waals surface area contributed by atoms with E-state index in [4.69, 9.17) is 10.3 Å². The maximum absolute atomic E-state index is 5.84. The van der Waals surface area contributed by atoms with Gasteiger partial charge in [-0.25, -0.2) is 0 Å². The van der Waals surface area contributed by atoms with Gasteiger partial charge in [0.25, 0.3) is 0 Å². The Bertz CT molecular complexity index is 342. The molecule has 6 heteroatoms. The first kappa shape index (κ1) is 14.4. The molecule has 1 aromatic heterocycles. The summed E-state index contributed by atoms with van der Waals surface area (Å²) in [5, 5.41) is 3.97. The maximum Gasteiger partial charge on any atom is 0.240 e. The number of rotatable bonds is 4. The van der Waals surface area contributed by atoms with Crippen molar-refractivity contribution in [3.05, 3.63) is 11.7 Å². The van der Waals surface area contributed by atoms with E-state index in [1.165, 1.54) is 0 Å². The summed E-state index contributed by atoms with van der Waals surface area (Å²) < 4.78 is 5.22. The standard InChI is InChI=1S/C11H20N4O.ClH/c1-8(2)5-10-13-11(16-14-10)7-15-4-3-9(12)6-15;/h8-9H,3-7,12H2,1-2H3;1H/t9-;/m0./s1. The molecule has 0 radical (unpaired) electrons. The van der Waals surface area contributed by atoms with E-state index in [2.05, 4.69) is 28.9 Å². The van der Waals surface area contributed by atoms with Crippen molar-refractivity contribution >= 4 is 12.4 Å². The van der Waals surface area contributed by atoms with Gasteiger partial charge in [0.1, 0.15) is 0 Å². The van der Waals surface area contributed by atoms with E-state index in [1.54, 1.807) is 0 Å². The highest BCUT2D eigenvalue weighted by Gasteiger charge is 2.21. The summed E-state index contributed by atoms with van der Waals surface area (Å²) in [6.45, 7) is 6.99. The second-order valence-corrected chi connectivity index (χ2v) is 4.99. The predicted molar refractivity (Wildman–Crippen MR) is 68.0 cm³/mol. The van der Waals surface area contributed by atoms with Gasteiger partial charge < -0.3 is 10.3 Å². The van der Waals surface area contributed by atoms with E-state index < -0.39 is 0 Å². The largest absolute Gasteiger partial charge is 0.338 e. The third-order valence-electron chi connectivity index (χ3n) is 2.77. The molecule has 98 valence electrons. The van der Waals surface area contributed by atoms with Crippen LogP contribution >= 0.6 is 12.4 Å². The minimum atomic E-state index is 0. The monoisotopic (exact) mass is 260 g/mol. The fourth-order valence-electron chi connectivity index (χ4n) is 2.00. The number of likely N-dealkylation sites (tertiary alicyclic amines) is 1. The van der Waals surface area contributed by atoms with Crippen molar-refractivity contribution in [1.82, 2.24) is 15.0 Å². The Hall–Kier alpha value is -0.650. The summed E-state index contributed by atoms with van der Waals surface area (Å²) in [4.78, 5) is 6.64. The summed E-state index contributed by atoms with van der Waals surface area (Å²) in [7, 11) is 0. The van der Waals surface area contributed by atoms with E-state index in [0.717, 1.165) is 38.3 Å². The second kappa shape index (κ2) is 6.33. The zero-order chi connectivity index (χ0) is 11.5. The highest BCUT2D eigenvalue weighted by atomic mass is 35.5. The number of aromatic nitrogens is 2. The Morgan fingerprint density at radius 1 is 1.53 bits per heavy atom. The molecule has 2 heterocycles. The quantitative estimate of drug-likeness (QED) is 0.882. The van der Waals surface area contributed by atoms with Gasteiger partial charge in [-0.2, -0.15) is 4.98 Å². The van der Waals surface area contributed by atoms with Crippen molar-refractivity contribution in [3.8, 4) is 0 Å². The fourth-order valence-corrected chi connectivity index (χ4v) is 2.00. The highest BCUT2D eigenvalue weighted by Crippen LogP contribution is 2.12. The zero-order valence-electron chi connectivity index (χ0n) is 10.4. The zero-order valence-corrected chi connectivity index (χ0v) is 11.2. The van der Waals surface area contributed by atoms with Gasteiger partial charge >= 0.3 is 0 Å². The van der Waals surface area contributed by atoms with Gasteiger partial charge in [0.15, 0.2) is 5.82 Å². The Balaban J connectivity index is 0.00000144. The Morgan fingerprint density at radius 3 is 2.88 bits per heavy atom. The molecule has 1 aliphatic rings. The van der Waals surface area contributed by atoms with Crippen molar-refractivity contribution < 1.29 is 4.52 Å². The van der Waals surface area contributed by atoms with Gasteiger partial charge in [-0.3, -0.25) is 4.90 Å². The second-order valence-electron chi connectivity index (χ2n) is 4.99. The van der Waals surface area contributed by atoms with Gasteiger partial charge in [-0.05, 0) is 12.3 Å². The van der Waals surface area contributed by atoms with E-state index in [-0.39, 0.29) is 12.4 Å². The molecule has 2 rings (SSSR count). The number of hydrogen-bond acceptors (Lipinski definition) is 5. The summed E-state index contributed by atoms with van der Waals surface area (Å²) in [6, 6.07) is 0.304. The van der Waals surface area contributed by atoms with Crippen molar-refractivity contribution in [2.45, 2.75) is 39.3 Å². The first-order valence-electron chi connectivity index (χ1n) is 5.93. The summed E-state index contributed by atoms with van der Waals surface area (Å²) in [6.07, 6.45) is 1.94. The van der Waals surface area contributed by atoms with Crippen molar-refractivity contribution in [2.75, 3.05) is 13.1 Å². The molecule has 1 aliphatic heterocycles. The molecule has 0 saturated carbocycles. The van der Waals surface area contributed by atoms with Crippen LogP contribution in [0.15, 0.2) is 4.52 Å². The van der Waals surface area contributed by atoms with Crippen LogP contribution in [0.3, 0.4) is 0 Å². The minimum absolute atomic E-state index is 0. The van der Waals surface area contributed by atoms with Crippen LogP contribution in [0.4, 0.5) is 0 Å². The molecule has 0 spiro atoms. The molecule has 0 amide bonds. The molecular weight excluding hydrogens is 240 g/mol. The van der Waals surface area contributed by atoms with E-state index in [1.807, 2.05) is 0 Å². The lowest BCUT2D eigenvalue weighted by atomic mass is 10.1. The van der Waals surface area contributed by atoms with Crippen LogP contribution in [-0.2, 0) is 13.0 Å². The first-order valence-corrected chi connectivity index (χ1v) is 5.93. The number of halogens is 1. The van der Waals surface area contributed by atoms with Crippen LogP contribution in [0.1, 0.15) is 32.0 Å². The SMILES string of the molecule is CC(C)Cc1noc(CN2CC[C@H](N)C2)n1.Cl. The van der Waals surface area contributed by atoms with Crippen LogP contribution < -0.4 is 5.73 Å². The first-order chi connectivity index (χ1) is 7.63. The minimum Gasteiger partial charge on any atom is -0.338 e. The lowest BCUT2D eigenvalue weighted by molar-refractivity contribution is 0.265. The van der Waals surface area contributed by atoms with Crippen LogP contribution in [-0.4, -0.2) is 34.2 Å². The van der Waals surface area contributed by atoms with Gasteiger partial charge in [-0.1, -0.05) is 19.0 Å². The lowest BCUT2D eigenvalue weighted by Crippen LogP contribution is -2.26.